The fourth-order valence-electron chi connectivity index (χ4n) is 3.79. The van der Waals surface area contributed by atoms with Crippen LogP contribution in [0.25, 0.3) is 11.3 Å². The number of alkyl halides is 3. The van der Waals surface area contributed by atoms with E-state index in [1.807, 2.05) is 13.0 Å². The molecule has 1 saturated carbocycles. The van der Waals surface area contributed by atoms with E-state index >= 15 is 0 Å². The summed E-state index contributed by atoms with van der Waals surface area (Å²) in [6.45, 7) is 6.74. The van der Waals surface area contributed by atoms with Crippen LogP contribution in [0.4, 0.5) is 19.0 Å². The van der Waals surface area contributed by atoms with Gasteiger partial charge in [-0.3, -0.25) is 4.99 Å². The first-order valence-corrected chi connectivity index (χ1v) is 10.6. The van der Waals surface area contributed by atoms with Crippen molar-refractivity contribution in [3.63, 3.8) is 0 Å². The van der Waals surface area contributed by atoms with Crippen LogP contribution >= 0.6 is 0 Å². The van der Waals surface area contributed by atoms with Gasteiger partial charge in [0.05, 0.1) is 11.4 Å². The van der Waals surface area contributed by atoms with Crippen molar-refractivity contribution in [2.75, 3.05) is 11.9 Å². The standard InChI is InChI=1S/C24H29F3N4/c1-16-14-22(31(4)17(2)15-28-18(3)24(25,26)27)29-30-23(16)21-12-10-20(11-13-21)19-8-6-5-7-9-19/h10-15,18-19H,2,5-9H2,1,3-4H3. The average molecular weight is 431 g/mol. The highest BCUT2D eigenvalue weighted by molar-refractivity contribution is 5.83. The van der Waals surface area contributed by atoms with Gasteiger partial charge < -0.3 is 4.90 Å². The van der Waals surface area contributed by atoms with Gasteiger partial charge >= 0.3 is 6.18 Å². The molecular weight excluding hydrogens is 401 g/mol. The third-order valence-corrected chi connectivity index (χ3v) is 5.93. The highest BCUT2D eigenvalue weighted by Gasteiger charge is 2.35. The van der Waals surface area contributed by atoms with Crippen LogP contribution in [0.2, 0.25) is 0 Å². The van der Waals surface area contributed by atoms with Crippen LogP contribution < -0.4 is 4.90 Å². The minimum atomic E-state index is -4.38. The number of benzene rings is 1. The zero-order valence-corrected chi connectivity index (χ0v) is 18.3. The topological polar surface area (TPSA) is 41.4 Å². The van der Waals surface area contributed by atoms with Crippen molar-refractivity contribution in [3.05, 3.63) is 53.7 Å². The maximum Gasteiger partial charge on any atom is 0.410 e. The smallest absolute Gasteiger partial charge is 0.327 e. The molecule has 4 nitrogen and oxygen atoms in total. The highest BCUT2D eigenvalue weighted by atomic mass is 19.4. The van der Waals surface area contributed by atoms with Crippen molar-refractivity contribution in [3.8, 4) is 11.3 Å². The van der Waals surface area contributed by atoms with Gasteiger partial charge in [0, 0.05) is 18.8 Å². The van der Waals surface area contributed by atoms with E-state index in [-0.39, 0.29) is 0 Å². The second kappa shape index (κ2) is 9.62. The van der Waals surface area contributed by atoms with Gasteiger partial charge in [-0.05, 0) is 49.8 Å². The highest BCUT2D eigenvalue weighted by Crippen LogP contribution is 2.34. The van der Waals surface area contributed by atoms with E-state index in [4.69, 9.17) is 0 Å². The normalized spacial score (nSPS) is 16.5. The van der Waals surface area contributed by atoms with Crippen LogP contribution in [0.3, 0.4) is 0 Å². The Bertz CT molecular complexity index is 929. The molecular formula is C24H29F3N4. The van der Waals surface area contributed by atoms with Crippen LogP contribution in [-0.2, 0) is 0 Å². The first kappa shape index (κ1) is 23.0. The quantitative estimate of drug-likeness (QED) is 0.493. The summed E-state index contributed by atoms with van der Waals surface area (Å²) >= 11 is 0. The first-order chi connectivity index (χ1) is 14.7. The summed E-state index contributed by atoms with van der Waals surface area (Å²) in [6.07, 6.45) is 3.20. The number of allylic oxidation sites excluding steroid dienone is 1. The molecule has 0 aliphatic heterocycles. The van der Waals surface area contributed by atoms with Gasteiger partial charge in [0.1, 0.15) is 6.04 Å². The second-order valence-electron chi connectivity index (χ2n) is 8.24. The molecule has 7 heteroatoms. The van der Waals surface area contributed by atoms with Crippen LogP contribution in [0.15, 0.2) is 47.6 Å². The van der Waals surface area contributed by atoms with Gasteiger partial charge in [-0.25, -0.2) is 0 Å². The molecule has 3 rings (SSSR count). The monoisotopic (exact) mass is 430 g/mol. The summed E-state index contributed by atoms with van der Waals surface area (Å²) in [5, 5.41) is 8.63. The molecule has 1 aromatic heterocycles. The molecule has 0 spiro atoms. The van der Waals surface area contributed by atoms with E-state index in [0.717, 1.165) is 30.0 Å². The number of halogens is 3. The second-order valence-corrected chi connectivity index (χ2v) is 8.24. The van der Waals surface area contributed by atoms with E-state index in [9.17, 15) is 13.2 Å². The van der Waals surface area contributed by atoms with Gasteiger partial charge in [-0.15, -0.1) is 10.2 Å². The Hall–Kier alpha value is -2.70. The van der Waals surface area contributed by atoms with Crippen LogP contribution in [0, 0.1) is 6.92 Å². The number of aromatic nitrogens is 2. The molecule has 1 aliphatic carbocycles. The van der Waals surface area contributed by atoms with Crippen molar-refractivity contribution in [2.24, 2.45) is 4.99 Å². The summed E-state index contributed by atoms with van der Waals surface area (Å²) in [7, 11) is 1.68. The number of aliphatic imine (C=N–C) groups is 1. The Kier molecular flexibility index (Phi) is 7.13. The van der Waals surface area contributed by atoms with Gasteiger partial charge in [-0.1, -0.05) is 50.1 Å². The molecule has 1 unspecified atom stereocenters. The summed E-state index contributed by atoms with van der Waals surface area (Å²) in [5.74, 6) is 1.15. The van der Waals surface area contributed by atoms with Gasteiger partial charge in [0.15, 0.2) is 5.82 Å². The lowest BCUT2D eigenvalue weighted by Gasteiger charge is -2.22. The van der Waals surface area contributed by atoms with Gasteiger partial charge in [-0.2, -0.15) is 13.2 Å². The fraction of sp³-hybridized carbons (Fsp3) is 0.458. The Labute approximate surface area is 181 Å². The zero-order chi connectivity index (χ0) is 22.6. The summed E-state index contributed by atoms with van der Waals surface area (Å²) in [5.41, 5.74) is 4.40. The summed E-state index contributed by atoms with van der Waals surface area (Å²) < 4.78 is 37.9. The number of aryl methyl sites for hydroxylation is 1. The van der Waals surface area contributed by atoms with E-state index in [1.54, 1.807) is 11.9 Å². The molecule has 0 radical (unpaired) electrons. The molecule has 0 N–H and O–H groups in total. The van der Waals surface area contributed by atoms with E-state index in [0.29, 0.717) is 17.4 Å². The van der Waals surface area contributed by atoms with Crippen molar-refractivity contribution in [1.29, 1.82) is 0 Å². The largest absolute Gasteiger partial charge is 0.410 e. The lowest BCUT2D eigenvalue weighted by atomic mass is 9.84. The van der Waals surface area contributed by atoms with E-state index in [1.165, 1.54) is 37.7 Å². The minimum absolute atomic E-state index is 0.300. The van der Waals surface area contributed by atoms with Crippen molar-refractivity contribution >= 4 is 12.0 Å². The van der Waals surface area contributed by atoms with E-state index in [2.05, 4.69) is 46.0 Å². The van der Waals surface area contributed by atoms with E-state index < -0.39 is 12.2 Å². The molecule has 0 saturated heterocycles. The number of hydrogen-bond acceptors (Lipinski definition) is 4. The molecule has 1 heterocycles. The predicted molar refractivity (Wildman–Crippen MR) is 120 cm³/mol. The fourth-order valence-corrected chi connectivity index (χ4v) is 3.79. The van der Waals surface area contributed by atoms with Gasteiger partial charge in [0.25, 0.3) is 0 Å². The Morgan fingerprint density at radius 1 is 1.16 bits per heavy atom. The number of hydrogen-bond donors (Lipinski definition) is 0. The van der Waals surface area contributed by atoms with Crippen LogP contribution in [-0.4, -0.2) is 35.7 Å². The third kappa shape index (κ3) is 5.71. The maximum atomic E-state index is 12.6. The predicted octanol–water partition coefficient (Wildman–Crippen LogP) is 6.47. The SMILES string of the molecule is C=C(C=NC(C)C(F)(F)F)N(C)c1cc(C)c(-c2ccc(C3CCCCC3)cc2)nn1. The molecule has 1 aromatic carbocycles. The molecule has 0 amide bonds. The minimum Gasteiger partial charge on any atom is -0.327 e. The molecule has 0 bridgehead atoms. The molecule has 1 atom stereocenters. The molecule has 31 heavy (non-hydrogen) atoms. The lowest BCUT2D eigenvalue weighted by molar-refractivity contribution is -0.142. The number of nitrogens with zero attached hydrogens (tertiary/aromatic N) is 4. The molecule has 166 valence electrons. The first-order valence-electron chi connectivity index (χ1n) is 10.6. The summed E-state index contributed by atoms with van der Waals surface area (Å²) in [4.78, 5) is 5.11. The van der Waals surface area contributed by atoms with Crippen LogP contribution in [0.5, 0.6) is 0 Å². The van der Waals surface area contributed by atoms with Crippen molar-refractivity contribution < 1.29 is 13.2 Å². The van der Waals surface area contributed by atoms with Crippen molar-refractivity contribution in [1.82, 2.24) is 10.2 Å². The number of anilines is 1. The van der Waals surface area contributed by atoms with Crippen molar-refractivity contribution in [2.45, 2.75) is 64.1 Å². The Balaban J connectivity index is 1.72. The summed E-state index contributed by atoms with van der Waals surface area (Å²) in [6, 6.07) is 8.62. The third-order valence-electron chi connectivity index (χ3n) is 5.93. The average Bonchev–Trinajstić information content (AvgIpc) is 2.76. The zero-order valence-electron chi connectivity index (χ0n) is 18.3. The number of rotatable bonds is 6. The van der Waals surface area contributed by atoms with Crippen LogP contribution in [0.1, 0.15) is 56.1 Å². The Morgan fingerprint density at radius 2 is 1.81 bits per heavy atom. The molecule has 1 aliphatic rings. The lowest BCUT2D eigenvalue weighted by Crippen LogP contribution is -2.25. The molecule has 2 aromatic rings. The Morgan fingerprint density at radius 3 is 2.39 bits per heavy atom. The molecule has 1 fully saturated rings. The maximum absolute atomic E-state index is 12.6. The van der Waals surface area contributed by atoms with Gasteiger partial charge in [0.2, 0.25) is 0 Å².